The van der Waals surface area contributed by atoms with Gasteiger partial charge >= 0.3 is 0 Å². The van der Waals surface area contributed by atoms with E-state index in [0.717, 1.165) is 11.3 Å². The average Bonchev–Trinajstić information content (AvgIpc) is 2.71. The SMILES string of the molecule is COc1ccc(Cl)cc1Cn1cccn1. The van der Waals surface area contributed by atoms with Crippen molar-refractivity contribution in [3.63, 3.8) is 0 Å². The summed E-state index contributed by atoms with van der Waals surface area (Å²) in [5.74, 6) is 0.829. The largest absolute Gasteiger partial charge is 0.496 e. The molecule has 0 saturated carbocycles. The highest BCUT2D eigenvalue weighted by atomic mass is 35.5. The molecule has 0 aliphatic carbocycles. The zero-order chi connectivity index (χ0) is 10.7. The van der Waals surface area contributed by atoms with Crippen LogP contribution < -0.4 is 4.74 Å². The third-order valence-corrected chi connectivity index (χ3v) is 2.37. The number of rotatable bonds is 3. The first-order valence-corrected chi connectivity index (χ1v) is 4.97. The van der Waals surface area contributed by atoms with Crippen LogP contribution in [0.4, 0.5) is 0 Å². The van der Waals surface area contributed by atoms with Crippen molar-refractivity contribution >= 4 is 11.6 Å². The van der Waals surface area contributed by atoms with Crippen molar-refractivity contribution in [2.45, 2.75) is 6.54 Å². The van der Waals surface area contributed by atoms with Crippen LogP contribution >= 0.6 is 11.6 Å². The fraction of sp³-hybridized carbons (Fsp3) is 0.182. The van der Waals surface area contributed by atoms with E-state index in [2.05, 4.69) is 5.10 Å². The summed E-state index contributed by atoms with van der Waals surface area (Å²) < 4.78 is 7.08. The van der Waals surface area contributed by atoms with E-state index in [1.165, 1.54) is 0 Å². The highest BCUT2D eigenvalue weighted by Crippen LogP contribution is 2.23. The normalized spacial score (nSPS) is 10.3. The Hall–Kier alpha value is -1.48. The molecule has 2 rings (SSSR count). The van der Waals surface area contributed by atoms with Gasteiger partial charge in [0.25, 0.3) is 0 Å². The van der Waals surface area contributed by atoms with Gasteiger partial charge in [-0.3, -0.25) is 4.68 Å². The minimum atomic E-state index is 0.663. The van der Waals surface area contributed by atoms with Gasteiger partial charge in [-0.1, -0.05) is 11.6 Å². The van der Waals surface area contributed by atoms with E-state index in [1.54, 1.807) is 13.3 Å². The van der Waals surface area contributed by atoms with Crippen molar-refractivity contribution in [1.29, 1.82) is 0 Å². The molecule has 0 unspecified atom stereocenters. The van der Waals surface area contributed by atoms with Crippen LogP contribution in [-0.4, -0.2) is 16.9 Å². The predicted molar refractivity (Wildman–Crippen MR) is 59.3 cm³/mol. The lowest BCUT2D eigenvalue weighted by atomic mass is 10.2. The molecule has 1 heterocycles. The smallest absolute Gasteiger partial charge is 0.124 e. The fourth-order valence-electron chi connectivity index (χ4n) is 1.44. The summed E-state index contributed by atoms with van der Waals surface area (Å²) in [7, 11) is 1.65. The Labute approximate surface area is 93.2 Å². The molecule has 0 radical (unpaired) electrons. The molecule has 0 saturated heterocycles. The number of benzene rings is 1. The van der Waals surface area contributed by atoms with E-state index >= 15 is 0 Å². The first-order chi connectivity index (χ1) is 7.29. The second-order valence-corrected chi connectivity index (χ2v) is 3.60. The van der Waals surface area contributed by atoms with Crippen LogP contribution in [0.3, 0.4) is 0 Å². The first kappa shape index (κ1) is 10.1. The van der Waals surface area contributed by atoms with E-state index in [-0.39, 0.29) is 0 Å². The Morgan fingerprint density at radius 1 is 1.47 bits per heavy atom. The van der Waals surface area contributed by atoms with Crippen molar-refractivity contribution in [3.8, 4) is 5.75 Å². The number of hydrogen-bond donors (Lipinski definition) is 0. The van der Waals surface area contributed by atoms with E-state index in [4.69, 9.17) is 16.3 Å². The number of nitrogens with zero attached hydrogens (tertiary/aromatic N) is 2. The van der Waals surface area contributed by atoms with E-state index in [0.29, 0.717) is 11.6 Å². The molecule has 0 amide bonds. The van der Waals surface area contributed by atoms with Crippen molar-refractivity contribution < 1.29 is 4.74 Å². The molecule has 2 aromatic rings. The molecule has 1 aromatic carbocycles. The van der Waals surface area contributed by atoms with Crippen LogP contribution in [0, 0.1) is 0 Å². The van der Waals surface area contributed by atoms with Crippen LogP contribution in [0.1, 0.15) is 5.56 Å². The second-order valence-electron chi connectivity index (χ2n) is 3.16. The first-order valence-electron chi connectivity index (χ1n) is 4.59. The average molecular weight is 223 g/mol. The van der Waals surface area contributed by atoms with Crippen molar-refractivity contribution in [1.82, 2.24) is 9.78 Å². The molecule has 0 aliphatic rings. The minimum absolute atomic E-state index is 0.663. The van der Waals surface area contributed by atoms with Gasteiger partial charge in [0.1, 0.15) is 5.75 Å². The van der Waals surface area contributed by atoms with Crippen molar-refractivity contribution in [2.24, 2.45) is 0 Å². The lowest BCUT2D eigenvalue weighted by Crippen LogP contribution is -2.01. The third-order valence-electron chi connectivity index (χ3n) is 2.13. The predicted octanol–water partition coefficient (Wildman–Crippen LogP) is 2.59. The molecule has 0 fully saturated rings. The van der Waals surface area contributed by atoms with Crippen molar-refractivity contribution in [2.75, 3.05) is 7.11 Å². The molecule has 1 aromatic heterocycles. The van der Waals surface area contributed by atoms with Gasteiger partial charge < -0.3 is 4.74 Å². The maximum Gasteiger partial charge on any atom is 0.124 e. The third kappa shape index (κ3) is 2.30. The Morgan fingerprint density at radius 2 is 2.33 bits per heavy atom. The van der Waals surface area contributed by atoms with Gasteiger partial charge in [0.15, 0.2) is 0 Å². The summed E-state index contributed by atoms with van der Waals surface area (Å²) >= 11 is 5.93. The van der Waals surface area contributed by atoms with Crippen LogP contribution in [0.25, 0.3) is 0 Å². The zero-order valence-electron chi connectivity index (χ0n) is 8.35. The van der Waals surface area contributed by atoms with Gasteiger partial charge in [-0.25, -0.2) is 0 Å². The molecule has 0 atom stereocenters. The molecule has 4 heteroatoms. The Kier molecular flexibility index (Phi) is 2.92. The summed E-state index contributed by atoms with van der Waals surface area (Å²) in [6, 6.07) is 7.45. The molecular formula is C11H11ClN2O. The monoisotopic (exact) mass is 222 g/mol. The quantitative estimate of drug-likeness (QED) is 0.798. The molecule has 0 bridgehead atoms. The molecule has 3 nitrogen and oxygen atoms in total. The summed E-state index contributed by atoms with van der Waals surface area (Å²) in [4.78, 5) is 0. The molecule has 0 spiro atoms. The number of ether oxygens (including phenoxy) is 1. The lowest BCUT2D eigenvalue weighted by molar-refractivity contribution is 0.407. The molecule has 0 N–H and O–H groups in total. The van der Waals surface area contributed by atoms with Gasteiger partial charge in [0.05, 0.1) is 13.7 Å². The topological polar surface area (TPSA) is 27.1 Å². The lowest BCUT2D eigenvalue weighted by Gasteiger charge is -2.08. The Balaban J connectivity index is 2.30. The Morgan fingerprint density at radius 3 is 3.00 bits per heavy atom. The maximum atomic E-state index is 5.93. The van der Waals surface area contributed by atoms with E-state index in [1.807, 2.05) is 35.1 Å². The van der Waals surface area contributed by atoms with Gasteiger partial charge in [-0.05, 0) is 24.3 Å². The Bertz CT molecular complexity index is 440. The van der Waals surface area contributed by atoms with Crippen LogP contribution in [0.5, 0.6) is 5.75 Å². The molecule has 78 valence electrons. The maximum absolute atomic E-state index is 5.93. The van der Waals surface area contributed by atoms with Crippen LogP contribution in [0.2, 0.25) is 5.02 Å². The van der Waals surface area contributed by atoms with Crippen LogP contribution in [0.15, 0.2) is 36.7 Å². The number of hydrogen-bond acceptors (Lipinski definition) is 2. The van der Waals surface area contributed by atoms with Crippen molar-refractivity contribution in [3.05, 3.63) is 47.2 Å². The van der Waals surface area contributed by atoms with Gasteiger partial charge in [0.2, 0.25) is 0 Å². The van der Waals surface area contributed by atoms with Crippen LogP contribution in [-0.2, 0) is 6.54 Å². The minimum Gasteiger partial charge on any atom is -0.496 e. The molecule has 15 heavy (non-hydrogen) atoms. The number of aromatic nitrogens is 2. The summed E-state index contributed by atoms with van der Waals surface area (Å²) in [6.45, 7) is 0.663. The molecule has 0 aliphatic heterocycles. The fourth-order valence-corrected chi connectivity index (χ4v) is 1.63. The summed E-state index contributed by atoms with van der Waals surface area (Å²) in [6.07, 6.45) is 3.65. The van der Waals surface area contributed by atoms with Gasteiger partial charge in [-0.15, -0.1) is 0 Å². The number of halogens is 1. The second kappa shape index (κ2) is 4.36. The van der Waals surface area contributed by atoms with E-state index < -0.39 is 0 Å². The summed E-state index contributed by atoms with van der Waals surface area (Å²) in [5, 5.41) is 4.84. The standard InChI is InChI=1S/C11H11ClN2O/c1-15-11-4-3-10(12)7-9(11)8-14-6-2-5-13-14/h2-7H,8H2,1H3. The van der Waals surface area contributed by atoms with Gasteiger partial charge in [-0.2, -0.15) is 5.10 Å². The number of methoxy groups -OCH3 is 1. The summed E-state index contributed by atoms with van der Waals surface area (Å²) in [5.41, 5.74) is 1.02. The van der Waals surface area contributed by atoms with E-state index in [9.17, 15) is 0 Å². The zero-order valence-corrected chi connectivity index (χ0v) is 9.11. The highest BCUT2D eigenvalue weighted by Gasteiger charge is 2.04. The molecular weight excluding hydrogens is 212 g/mol. The highest BCUT2D eigenvalue weighted by molar-refractivity contribution is 6.30. The van der Waals surface area contributed by atoms with Gasteiger partial charge in [0, 0.05) is 23.0 Å².